The summed E-state index contributed by atoms with van der Waals surface area (Å²) in [6, 6.07) is 13.4. The summed E-state index contributed by atoms with van der Waals surface area (Å²) in [5.41, 5.74) is 1.24. The zero-order valence-electron chi connectivity index (χ0n) is 14.1. The van der Waals surface area contributed by atoms with Gasteiger partial charge in [0, 0.05) is 11.6 Å². The molecule has 0 saturated carbocycles. The van der Waals surface area contributed by atoms with Gasteiger partial charge in [-0.3, -0.25) is 4.79 Å². The normalized spacial score (nSPS) is 13.0. The molecule has 0 aliphatic heterocycles. The maximum absolute atomic E-state index is 12.4. The van der Waals surface area contributed by atoms with Crippen molar-refractivity contribution in [2.24, 2.45) is 11.1 Å². The third-order valence-corrected chi connectivity index (χ3v) is 4.84. The van der Waals surface area contributed by atoms with E-state index in [0.29, 0.717) is 0 Å². The maximum atomic E-state index is 12.4. The quantitative estimate of drug-likeness (QED) is 0.654. The number of phenols is 1. The molecule has 134 valence electrons. The molecule has 0 bridgehead atoms. The Bertz CT molecular complexity index is 849. The molecule has 2 aromatic carbocycles. The first-order valence-corrected chi connectivity index (χ1v) is 9.42. The van der Waals surface area contributed by atoms with Crippen molar-refractivity contribution in [1.29, 1.82) is 0 Å². The highest BCUT2D eigenvalue weighted by molar-refractivity contribution is 7.89. The fourth-order valence-corrected chi connectivity index (χ4v) is 3.27. The second-order valence-electron chi connectivity index (χ2n) is 6.16. The molecule has 1 atom stereocenters. The fourth-order valence-electron chi connectivity index (χ4n) is 2.62. The van der Waals surface area contributed by atoms with Gasteiger partial charge in [-0.2, -0.15) is 0 Å². The van der Waals surface area contributed by atoms with E-state index >= 15 is 0 Å². The van der Waals surface area contributed by atoms with Crippen LogP contribution in [0.1, 0.15) is 35.8 Å². The first-order valence-electron chi connectivity index (χ1n) is 7.87. The summed E-state index contributed by atoms with van der Waals surface area (Å²) in [6.07, 6.45) is 0. The Balaban J connectivity index is 2.17. The van der Waals surface area contributed by atoms with Crippen LogP contribution in [0.25, 0.3) is 0 Å². The van der Waals surface area contributed by atoms with E-state index in [4.69, 9.17) is 5.14 Å². The number of hydrogen-bond donors (Lipinski definition) is 3. The predicted octanol–water partition coefficient (Wildman–Crippen LogP) is 2.21. The van der Waals surface area contributed by atoms with E-state index in [1.165, 1.54) is 6.07 Å². The monoisotopic (exact) mass is 362 g/mol. The highest BCUT2D eigenvalue weighted by Crippen LogP contribution is 2.24. The molecule has 25 heavy (non-hydrogen) atoms. The van der Waals surface area contributed by atoms with Gasteiger partial charge < -0.3 is 10.4 Å². The summed E-state index contributed by atoms with van der Waals surface area (Å²) >= 11 is 0. The number of nitrogens with two attached hydrogens (primary N) is 1. The summed E-state index contributed by atoms with van der Waals surface area (Å²) in [7, 11) is -4.10. The lowest BCUT2D eigenvalue weighted by molar-refractivity contribution is 0.0984. The van der Waals surface area contributed by atoms with Gasteiger partial charge in [-0.25, -0.2) is 13.6 Å². The molecule has 2 aromatic rings. The Hall–Kier alpha value is -2.22. The summed E-state index contributed by atoms with van der Waals surface area (Å²) in [5, 5.41) is 17.9. The molecule has 4 N–H and O–H groups in total. The smallest absolute Gasteiger partial charge is 0.241 e. The van der Waals surface area contributed by atoms with Gasteiger partial charge in [0.15, 0.2) is 5.78 Å². The van der Waals surface area contributed by atoms with Crippen LogP contribution < -0.4 is 10.5 Å². The third-order valence-electron chi connectivity index (χ3n) is 3.90. The minimum absolute atomic E-state index is 0.0139. The van der Waals surface area contributed by atoms with E-state index in [1.807, 2.05) is 30.3 Å². The molecule has 0 heterocycles. The largest absolute Gasteiger partial charge is 0.507 e. The van der Waals surface area contributed by atoms with Gasteiger partial charge in [0.2, 0.25) is 10.0 Å². The first kappa shape index (κ1) is 19.1. The van der Waals surface area contributed by atoms with Crippen LogP contribution in [0.15, 0.2) is 53.4 Å². The number of rotatable bonds is 7. The standard InChI is InChI=1S/C18H22N2O4S/c1-12(2)18(13-6-4-3-5-7-13)20-11-16(22)14-8-9-15(21)17(10-14)25(19,23)24/h3-10,12,18,20-21H,11H2,1-2H3,(H2,19,23,24). The number of carbonyl (C=O) groups excluding carboxylic acids is 1. The molecule has 0 saturated heterocycles. The van der Waals surface area contributed by atoms with Gasteiger partial charge in [-0.15, -0.1) is 0 Å². The van der Waals surface area contributed by atoms with Gasteiger partial charge in [-0.05, 0) is 29.7 Å². The highest BCUT2D eigenvalue weighted by atomic mass is 32.2. The molecule has 0 aliphatic rings. The van der Waals surface area contributed by atoms with Crippen molar-refractivity contribution in [3.8, 4) is 5.75 Å². The molecular weight excluding hydrogens is 340 g/mol. The van der Waals surface area contributed by atoms with Crippen LogP contribution in [0, 0.1) is 5.92 Å². The number of benzene rings is 2. The predicted molar refractivity (Wildman–Crippen MR) is 95.8 cm³/mol. The first-order chi connectivity index (χ1) is 11.7. The van der Waals surface area contributed by atoms with Crippen molar-refractivity contribution < 1.29 is 18.3 Å². The van der Waals surface area contributed by atoms with E-state index in [2.05, 4.69) is 19.2 Å². The van der Waals surface area contributed by atoms with Crippen molar-refractivity contribution in [1.82, 2.24) is 5.32 Å². The molecule has 0 fully saturated rings. The average molecular weight is 362 g/mol. The zero-order chi connectivity index (χ0) is 18.6. The third kappa shape index (κ3) is 4.88. The number of hydrogen-bond acceptors (Lipinski definition) is 5. The van der Waals surface area contributed by atoms with Crippen LogP contribution in [0.2, 0.25) is 0 Å². The van der Waals surface area contributed by atoms with Gasteiger partial charge >= 0.3 is 0 Å². The number of phenolic OH excluding ortho intramolecular Hbond substituents is 1. The Kier molecular flexibility index (Phi) is 5.94. The van der Waals surface area contributed by atoms with Crippen molar-refractivity contribution in [3.05, 3.63) is 59.7 Å². The number of sulfonamides is 1. The lowest BCUT2D eigenvalue weighted by atomic mass is 9.96. The van der Waals surface area contributed by atoms with Gasteiger partial charge in [0.1, 0.15) is 10.6 Å². The highest BCUT2D eigenvalue weighted by Gasteiger charge is 2.19. The Labute approximate surface area is 147 Å². The Morgan fingerprint density at radius 1 is 1.16 bits per heavy atom. The van der Waals surface area contributed by atoms with Crippen molar-refractivity contribution in [3.63, 3.8) is 0 Å². The van der Waals surface area contributed by atoms with E-state index < -0.39 is 20.7 Å². The molecule has 0 amide bonds. The topological polar surface area (TPSA) is 109 Å². The molecule has 6 nitrogen and oxygen atoms in total. The summed E-state index contributed by atoms with van der Waals surface area (Å²) in [4.78, 5) is 12.0. The minimum Gasteiger partial charge on any atom is -0.507 e. The number of nitrogens with one attached hydrogen (secondary N) is 1. The molecule has 0 aromatic heterocycles. The van der Waals surface area contributed by atoms with Crippen LogP contribution in [0.3, 0.4) is 0 Å². The second kappa shape index (κ2) is 7.77. The number of primary sulfonamides is 1. The van der Waals surface area contributed by atoms with Crippen LogP contribution in [-0.2, 0) is 10.0 Å². The minimum atomic E-state index is -4.10. The van der Waals surface area contributed by atoms with Crippen LogP contribution in [0.4, 0.5) is 0 Å². The Morgan fingerprint density at radius 2 is 1.80 bits per heavy atom. The van der Waals surface area contributed by atoms with Crippen molar-refractivity contribution in [2.75, 3.05) is 6.54 Å². The number of ketones is 1. The molecule has 0 radical (unpaired) electrons. The lowest BCUT2D eigenvalue weighted by Crippen LogP contribution is -2.31. The average Bonchev–Trinajstić information content (AvgIpc) is 2.55. The molecule has 1 unspecified atom stereocenters. The Morgan fingerprint density at radius 3 is 2.36 bits per heavy atom. The lowest BCUT2D eigenvalue weighted by Gasteiger charge is -2.22. The van der Waals surface area contributed by atoms with Gasteiger partial charge in [0.25, 0.3) is 0 Å². The van der Waals surface area contributed by atoms with Gasteiger partial charge in [-0.1, -0.05) is 44.2 Å². The molecular formula is C18H22N2O4S. The van der Waals surface area contributed by atoms with E-state index in [0.717, 1.165) is 17.7 Å². The van der Waals surface area contributed by atoms with E-state index in [-0.39, 0.29) is 29.9 Å². The van der Waals surface area contributed by atoms with Crippen molar-refractivity contribution >= 4 is 15.8 Å². The van der Waals surface area contributed by atoms with Gasteiger partial charge in [0.05, 0.1) is 6.54 Å². The zero-order valence-corrected chi connectivity index (χ0v) is 15.0. The molecule has 7 heteroatoms. The fraction of sp³-hybridized carbons (Fsp3) is 0.278. The summed E-state index contributed by atoms with van der Waals surface area (Å²) in [6.45, 7) is 4.14. The molecule has 0 aliphatic carbocycles. The van der Waals surface area contributed by atoms with Crippen LogP contribution in [-0.4, -0.2) is 25.9 Å². The van der Waals surface area contributed by atoms with Crippen LogP contribution >= 0.6 is 0 Å². The maximum Gasteiger partial charge on any atom is 0.241 e. The number of aromatic hydroxyl groups is 1. The number of Topliss-reactive ketones (excluding diaryl/α,β-unsaturated/α-hetero) is 1. The summed E-state index contributed by atoms with van der Waals surface area (Å²) < 4.78 is 22.9. The van der Waals surface area contributed by atoms with E-state index in [9.17, 15) is 18.3 Å². The van der Waals surface area contributed by atoms with E-state index in [1.54, 1.807) is 0 Å². The second-order valence-corrected chi connectivity index (χ2v) is 7.69. The number of carbonyl (C=O) groups is 1. The van der Waals surface area contributed by atoms with Crippen LogP contribution in [0.5, 0.6) is 5.75 Å². The summed E-state index contributed by atoms with van der Waals surface area (Å²) in [5.74, 6) is -0.502. The molecule has 2 rings (SSSR count). The van der Waals surface area contributed by atoms with Crippen molar-refractivity contribution in [2.45, 2.75) is 24.8 Å². The SMILES string of the molecule is CC(C)C(NCC(=O)c1ccc(O)c(S(N)(=O)=O)c1)c1ccccc1. The molecule has 0 spiro atoms.